The molecule has 0 aliphatic carbocycles. The van der Waals surface area contributed by atoms with Crippen molar-refractivity contribution in [1.29, 1.82) is 0 Å². The SMILES string of the molecule is CC(Nc1cc(C2CCN(C)C(=O)C2)ccc1N)c1ccccc1. The molecule has 0 aromatic heterocycles. The predicted octanol–water partition coefficient (Wildman–Crippen LogP) is 3.78. The van der Waals surface area contributed by atoms with Crippen LogP contribution >= 0.6 is 0 Å². The highest BCUT2D eigenvalue weighted by molar-refractivity contribution is 5.78. The highest BCUT2D eigenvalue weighted by Gasteiger charge is 2.25. The number of amides is 1. The third kappa shape index (κ3) is 3.53. The summed E-state index contributed by atoms with van der Waals surface area (Å²) in [4.78, 5) is 13.8. The van der Waals surface area contributed by atoms with E-state index in [0.29, 0.717) is 6.42 Å². The molecule has 2 unspecified atom stereocenters. The van der Waals surface area contributed by atoms with Crippen LogP contribution in [0.1, 0.15) is 42.9 Å². The Hall–Kier alpha value is -2.49. The molecule has 24 heavy (non-hydrogen) atoms. The van der Waals surface area contributed by atoms with Crippen molar-refractivity contribution in [3.63, 3.8) is 0 Å². The number of carbonyl (C=O) groups excluding carboxylic acids is 1. The molecule has 0 saturated carbocycles. The quantitative estimate of drug-likeness (QED) is 0.842. The lowest BCUT2D eigenvalue weighted by atomic mass is 9.88. The molecule has 3 rings (SSSR count). The molecular weight excluding hydrogens is 298 g/mol. The topological polar surface area (TPSA) is 58.4 Å². The van der Waals surface area contributed by atoms with Gasteiger partial charge in [-0.3, -0.25) is 4.79 Å². The fourth-order valence-corrected chi connectivity index (χ4v) is 3.24. The summed E-state index contributed by atoms with van der Waals surface area (Å²) in [5.74, 6) is 0.497. The Labute approximate surface area is 143 Å². The smallest absolute Gasteiger partial charge is 0.222 e. The summed E-state index contributed by atoms with van der Waals surface area (Å²) in [5, 5.41) is 3.51. The predicted molar refractivity (Wildman–Crippen MR) is 98.9 cm³/mol. The molecule has 3 N–H and O–H groups in total. The van der Waals surface area contributed by atoms with Crippen LogP contribution in [0, 0.1) is 0 Å². The van der Waals surface area contributed by atoms with Gasteiger partial charge < -0.3 is 16.0 Å². The molecule has 4 nitrogen and oxygen atoms in total. The second kappa shape index (κ2) is 6.95. The fourth-order valence-electron chi connectivity index (χ4n) is 3.24. The Balaban J connectivity index is 1.78. The Bertz CT molecular complexity index is 714. The third-order valence-corrected chi connectivity index (χ3v) is 4.88. The number of benzene rings is 2. The van der Waals surface area contributed by atoms with E-state index in [9.17, 15) is 4.79 Å². The number of hydrogen-bond acceptors (Lipinski definition) is 3. The molecule has 1 heterocycles. The van der Waals surface area contributed by atoms with Gasteiger partial charge in [0.25, 0.3) is 0 Å². The lowest BCUT2D eigenvalue weighted by Crippen LogP contribution is -2.34. The Morgan fingerprint density at radius 2 is 1.96 bits per heavy atom. The van der Waals surface area contributed by atoms with Crippen LogP contribution in [0.2, 0.25) is 0 Å². The van der Waals surface area contributed by atoms with Gasteiger partial charge in [-0.15, -0.1) is 0 Å². The molecule has 1 fully saturated rings. The summed E-state index contributed by atoms with van der Waals surface area (Å²) >= 11 is 0. The maximum absolute atomic E-state index is 12.0. The van der Waals surface area contributed by atoms with Crippen LogP contribution in [0.5, 0.6) is 0 Å². The standard InChI is InChI=1S/C20H25N3O/c1-14(15-6-4-3-5-7-15)22-19-12-16(8-9-18(19)21)17-10-11-23(2)20(24)13-17/h3-9,12,14,17,22H,10-11,13,21H2,1-2H3. The molecule has 4 heteroatoms. The molecule has 1 amide bonds. The van der Waals surface area contributed by atoms with Gasteiger partial charge in [-0.2, -0.15) is 0 Å². The number of nitrogen functional groups attached to an aromatic ring is 1. The highest BCUT2D eigenvalue weighted by Crippen LogP contribution is 2.33. The molecule has 1 aliphatic heterocycles. The van der Waals surface area contributed by atoms with E-state index in [2.05, 4.69) is 36.5 Å². The lowest BCUT2D eigenvalue weighted by Gasteiger charge is -2.29. The first-order chi connectivity index (χ1) is 11.5. The monoisotopic (exact) mass is 323 g/mol. The molecule has 1 aliphatic rings. The Kier molecular flexibility index (Phi) is 4.74. The van der Waals surface area contributed by atoms with Crippen molar-refractivity contribution in [1.82, 2.24) is 4.90 Å². The lowest BCUT2D eigenvalue weighted by molar-refractivity contribution is -0.132. The van der Waals surface area contributed by atoms with Gasteiger partial charge in [0.05, 0.1) is 11.4 Å². The van der Waals surface area contributed by atoms with E-state index in [4.69, 9.17) is 5.73 Å². The second-order valence-corrected chi connectivity index (χ2v) is 6.63. The molecule has 0 spiro atoms. The van der Waals surface area contributed by atoms with E-state index in [0.717, 1.165) is 24.3 Å². The number of likely N-dealkylation sites (tertiary alicyclic amines) is 1. The number of hydrogen-bond donors (Lipinski definition) is 2. The van der Waals surface area contributed by atoms with Crippen LogP contribution in [0.3, 0.4) is 0 Å². The Morgan fingerprint density at radius 1 is 1.21 bits per heavy atom. The molecule has 0 radical (unpaired) electrons. The first-order valence-corrected chi connectivity index (χ1v) is 8.49. The van der Waals surface area contributed by atoms with Crippen LogP contribution in [0.15, 0.2) is 48.5 Å². The van der Waals surface area contributed by atoms with Crippen molar-refractivity contribution in [3.05, 3.63) is 59.7 Å². The first-order valence-electron chi connectivity index (χ1n) is 8.49. The van der Waals surface area contributed by atoms with Crippen molar-refractivity contribution in [2.75, 3.05) is 24.6 Å². The molecule has 0 bridgehead atoms. The average molecular weight is 323 g/mol. The molecule has 2 aromatic rings. The Morgan fingerprint density at radius 3 is 2.67 bits per heavy atom. The summed E-state index contributed by atoms with van der Waals surface area (Å²) in [6.45, 7) is 2.94. The molecule has 1 saturated heterocycles. The van der Waals surface area contributed by atoms with Crippen molar-refractivity contribution < 1.29 is 4.79 Å². The van der Waals surface area contributed by atoms with E-state index in [1.807, 2.05) is 36.2 Å². The van der Waals surface area contributed by atoms with Gasteiger partial charge in [0.2, 0.25) is 5.91 Å². The number of anilines is 2. The molecule has 126 valence electrons. The van der Waals surface area contributed by atoms with Crippen LogP contribution in [-0.2, 0) is 4.79 Å². The zero-order chi connectivity index (χ0) is 17.1. The van der Waals surface area contributed by atoms with Gasteiger partial charge in [-0.05, 0) is 42.5 Å². The molecular formula is C20H25N3O. The normalized spacial score (nSPS) is 19.2. The highest BCUT2D eigenvalue weighted by atomic mass is 16.2. The first kappa shape index (κ1) is 16.4. The van der Waals surface area contributed by atoms with Gasteiger partial charge >= 0.3 is 0 Å². The van der Waals surface area contributed by atoms with E-state index in [1.54, 1.807) is 0 Å². The van der Waals surface area contributed by atoms with E-state index < -0.39 is 0 Å². The van der Waals surface area contributed by atoms with Crippen LogP contribution < -0.4 is 11.1 Å². The minimum absolute atomic E-state index is 0.169. The summed E-state index contributed by atoms with van der Waals surface area (Å²) in [6, 6.07) is 16.6. The van der Waals surface area contributed by atoms with E-state index in [-0.39, 0.29) is 17.9 Å². The number of nitrogens with zero attached hydrogens (tertiary/aromatic N) is 1. The van der Waals surface area contributed by atoms with Gasteiger partial charge in [0.1, 0.15) is 0 Å². The van der Waals surface area contributed by atoms with Crippen molar-refractivity contribution in [2.24, 2.45) is 0 Å². The summed E-state index contributed by atoms with van der Waals surface area (Å²) in [5.41, 5.74) is 10.2. The maximum atomic E-state index is 12.0. The largest absolute Gasteiger partial charge is 0.397 e. The maximum Gasteiger partial charge on any atom is 0.222 e. The molecule has 2 atom stereocenters. The number of carbonyl (C=O) groups is 1. The number of piperidine rings is 1. The minimum atomic E-state index is 0.169. The van der Waals surface area contributed by atoms with E-state index >= 15 is 0 Å². The van der Waals surface area contributed by atoms with Crippen LogP contribution in [0.4, 0.5) is 11.4 Å². The summed E-state index contributed by atoms with van der Waals surface area (Å²) in [7, 11) is 1.87. The second-order valence-electron chi connectivity index (χ2n) is 6.63. The molecule has 2 aromatic carbocycles. The van der Waals surface area contributed by atoms with Crippen molar-refractivity contribution in [3.8, 4) is 0 Å². The van der Waals surface area contributed by atoms with Crippen molar-refractivity contribution in [2.45, 2.75) is 31.7 Å². The van der Waals surface area contributed by atoms with Gasteiger partial charge in [-0.25, -0.2) is 0 Å². The summed E-state index contributed by atoms with van der Waals surface area (Å²) in [6.07, 6.45) is 1.58. The van der Waals surface area contributed by atoms with Crippen LogP contribution in [0.25, 0.3) is 0 Å². The fraction of sp³-hybridized carbons (Fsp3) is 0.350. The average Bonchev–Trinajstić information content (AvgIpc) is 2.60. The minimum Gasteiger partial charge on any atom is -0.397 e. The third-order valence-electron chi connectivity index (χ3n) is 4.88. The summed E-state index contributed by atoms with van der Waals surface area (Å²) < 4.78 is 0. The van der Waals surface area contributed by atoms with Gasteiger partial charge in [0, 0.05) is 26.1 Å². The zero-order valence-corrected chi connectivity index (χ0v) is 14.3. The number of nitrogens with two attached hydrogens (primary N) is 1. The van der Waals surface area contributed by atoms with Gasteiger partial charge in [0.15, 0.2) is 0 Å². The number of nitrogens with one attached hydrogen (secondary N) is 1. The van der Waals surface area contributed by atoms with Crippen LogP contribution in [-0.4, -0.2) is 24.4 Å². The number of rotatable bonds is 4. The van der Waals surface area contributed by atoms with Gasteiger partial charge in [-0.1, -0.05) is 36.4 Å². The van der Waals surface area contributed by atoms with Crippen molar-refractivity contribution >= 4 is 17.3 Å². The van der Waals surface area contributed by atoms with E-state index in [1.165, 1.54) is 11.1 Å². The zero-order valence-electron chi connectivity index (χ0n) is 14.3.